The molecule has 4 nitrogen and oxygen atoms in total. The molecule has 15 heavy (non-hydrogen) atoms. The Balaban J connectivity index is 1.79. The summed E-state index contributed by atoms with van der Waals surface area (Å²) in [4.78, 5) is 0. The summed E-state index contributed by atoms with van der Waals surface area (Å²) in [5.74, 6) is 0.773. The molecule has 4 saturated heterocycles. The van der Waals surface area contributed by atoms with Gasteiger partial charge in [-0.25, -0.2) is 5.01 Å². The van der Waals surface area contributed by atoms with Crippen molar-refractivity contribution in [3.8, 4) is 0 Å². The van der Waals surface area contributed by atoms with E-state index < -0.39 is 0 Å². The summed E-state index contributed by atoms with van der Waals surface area (Å²) in [5.41, 5.74) is 1.56. The average molecular weight is 249 g/mol. The first-order chi connectivity index (χ1) is 7.29. The zero-order valence-corrected chi connectivity index (χ0v) is 9.90. The Kier molecular flexibility index (Phi) is 2.67. The fourth-order valence-corrected chi connectivity index (χ4v) is 3.17. The van der Waals surface area contributed by atoms with Gasteiger partial charge in [0.25, 0.3) is 0 Å². The van der Waals surface area contributed by atoms with E-state index in [0.717, 1.165) is 32.1 Å². The minimum absolute atomic E-state index is 0.482. The molecule has 4 fully saturated rings. The van der Waals surface area contributed by atoms with Crippen LogP contribution >= 0.6 is 23.4 Å². The van der Waals surface area contributed by atoms with Gasteiger partial charge in [-0.3, -0.25) is 0 Å². The first-order valence-corrected chi connectivity index (χ1v) is 6.07. The minimum atomic E-state index is 0.482. The summed E-state index contributed by atoms with van der Waals surface area (Å²) in [6.45, 7) is 4.03. The molecule has 4 atom stereocenters. The van der Waals surface area contributed by atoms with Crippen molar-refractivity contribution in [1.82, 2.24) is 19.8 Å². The summed E-state index contributed by atoms with van der Waals surface area (Å²) in [5, 5.41) is 6.68. The quantitative estimate of drug-likeness (QED) is 0.683. The molecule has 0 aromatic heterocycles. The largest absolute Gasteiger partial charge is 0.224 e. The lowest BCUT2D eigenvalue weighted by molar-refractivity contribution is -0.348. The van der Waals surface area contributed by atoms with Crippen molar-refractivity contribution in [3.63, 3.8) is 0 Å². The molecule has 4 aliphatic heterocycles. The van der Waals surface area contributed by atoms with Gasteiger partial charge in [-0.2, -0.15) is 5.12 Å². The summed E-state index contributed by atoms with van der Waals surface area (Å²) in [6.07, 6.45) is 3.17. The molecule has 4 rings (SSSR count). The second-order valence-corrected chi connectivity index (χ2v) is 4.99. The Bertz CT molecular complexity index is 285. The summed E-state index contributed by atoms with van der Waals surface area (Å²) < 4.78 is 1.86. The van der Waals surface area contributed by atoms with Crippen molar-refractivity contribution in [2.75, 3.05) is 26.2 Å². The molecule has 0 N–H and O–H groups in total. The highest BCUT2D eigenvalue weighted by Crippen LogP contribution is 2.37. The van der Waals surface area contributed by atoms with Gasteiger partial charge in [-0.05, 0) is 24.1 Å². The molecule has 4 heterocycles. The van der Waals surface area contributed by atoms with Crippen molar-refractivity contribution in [2.45, 2.75) is 12.5 Å². The Morgan fingerprint density at radius 3 is 2.93 bits per heavy atom. The fourth-order valence-electron chi connectivity index (χ4n) is 2.80. The van der Waals surface area contributed by atoms with Crippen molar-refractivity contribution in [1.29, 1.82) is 0 Å². The predicted octanol–water partition coefficient (Wildman–Crippen LogP) is 1.26. The van der Waals surface area contributed by atoms with Crippen molar-refractivity contribution >= 4 is 23.4 Å². The van der Waals surface area contributed by atoms with Crippen LogP contribution in [-0.2, 0) is 0 Å². The normalized spacial score (nSPS) is 45.7. The third kappa shape index (κ3) is 1.60. The summed E-state index contributed by atoms with van der Waals surface area (Å²) in [7, 11) is 0. The van der Waals surface area contributed by atoms with E-state index in [1.165, 1.54) is 6.42 Å². The molecule has 0 aromatic rings. The lowest BCUT2D eigenvalue weighted by Gasteiger charge is -2.61. The predicted molar refractivity (Wildman–Crippen MR) is 59.6 cm³/mol. The number of piperidine rings is 1. The van der Waals surface area contributed by atoms with E-state index in [-0.39, 0.29) is 0 Å². The van der Waals surface area contributed by atoms with Crippen LogP contribution in [0.2, 0.25) is 0 Å². The highest BCUT2D eigenvalue weighted by molar-refractivity contribution is 6.25. The molecule has 4 aliphatic rings. The number of hydrogen-bond donors (Lipinski definition) is 0. The van der Waals surface area contributed by atoms with Gasteiger partial charge in [0.05, 0.1) is 6.04 Å². The standard InChI is InChI=1S/C9H14Cl2N4/c10-2-1-3-13-12-5-8-4-9(7-12)15(11)14(13)6-8/h1-2,8-9H,3-7H2/b2-1+. The molecular weight excluding hydrogens is 235 g/mol. The molecular formula is C9H14Cl2N4. The van der Waals surface area contributed by atoms with Gasteiger partial charge < -0.3 is 0 Å². The van der Waals surface area contributed by atoms with Crippen LogP contribution in [0.3, 0.4) is 0 Å². The van der Waals surface area contributed by atoms with Crippen LogP contribution in [0.4, 0.5) is 0 Å². The van der Waals surface area contributed by atoms with Gasteiger partial charge in [-0.15, -0.1) is 9.65 Å². The van der Waals surface area contributed by atoms with Crippen LogP contribution in [0.15, 0.2) is 11.6 Å². The molecule has 84 valence electrons. The number of halogens is 2. The van der Waals surface area contributed by atoms with E-state index in [9.17, 15) is 0 Å². The molecule has 4 bridgehead atoms. The van der Waals surface area contributed by atoms with Crippen LogP contribution in [0.5, 0.6) is 0 Å². The molecule has 0 aliphatic carbocycles. The van der Waals surface area contributed by atoms with Crippen LogP contribution in [0, 0.1) is 5.92 Å². The van der Waals surface area contributed by atoms with Crippen molar-refractivity contribution < 1.29 is 0 Å². The van der Waals surface area contributed by atoms with Crippen LogP contribution in [0.1, 0.15) is 6.42 Å². The SMILES string of the molecule is Cl/C=C/CN1N2CC3CC(C2)N(Cl)N1C3. The summed E-state index contributed by atoms with van der Waals surface area (Å²) in [6, 6.07) is 0.482. The van der Waals surface area contributed by atoms with Crippen molar-refractivity contribution in [3.05, 3.63) is 11.6 Å². The maximum Gasteiger partial charge on any atom is 0.0570 e. The third-order valence-electron chi connectivity index (χ3n) is 3.39. The highest BCUT2D eigenvalue weighted by Gasteiger charge is 2.48. The van der Waals surface area contributed by atoms with Gasteiger partial charge >= 0.3 is 0 Å². The van der Waals surface area contributed by atoms with Gasteiger partial charge in [0, 0.05) is 31.7 Å². The molecule has 0 amide bonds. The van der Waals surface area contributed by atoms with E-state index in [1.54, 1.807) is 5.54 Å². The van der Waals surface area contributed by atoms with Crippen molar-refractivity contribution in [2.24, 2.45) is 5.92 Å². The zero-order chi connectivity index (χ0) is 10.4. The third-order valence-corrected chi connectivity index (χ3v) is 4.02. The maximum atomic E-state index is 6.28. The second kappa shape index (κ2) is 3.87. The van der Waals surface area contributed by atoms with Crippen LogP contribution in [-0.4, -0.2) is 52.0 Å². The van der Waals surface area contributed by atoms with Gasteiger partial charge in [0.2, 0.25) is 0 Å². The van der Waals surface area contributed by atoms with Gasteiger partial charge in [0.15, 0.2) is 0 Å². The smallest absolute Gasteiger partial charge is 0.0570 e. The van der Waals surface area contributed by atoms with E-state index >= 15 is 0 Å². The van der Waals surface area contributed by atoms with Gasteiger partial charge in [-0.1, -0.05) is 17.7 Å². The van der Waals surface area contributed by atoms with E-state index in [0.29, 0.717) is 6.04 Å². The first kappa shape index (κ1) is 10.3. The topological polar surface area (TPSA) is 13.0 Å². The molecule has 6 heteroatoms. The van der Waals surface area contributed by atoms with E-state index in [2.05, 4.69) is 15.2 Å². The first-order valence-electron chi connectivity index (χ1n) is 5.29. The molecule has 0 saturated carbocycles. The average Bonchev–Trinajstić information content (AvgIpc) is 2.24. The highest BCUT2D eigenvalue weighted by atomic mass is 35.5. The Labute approximate surface area is 99.6 Å². The van der Waals surface area contributed by atoms with E-state index in [4.69, 9.17) is 23.4 Å². The molecule has 0 spiro atoms. The fraction of sp³-hybridized carbons (Fsp3) is 0.778. The zero-order valence-electron chi connectivity index (χ0n) is 8.39. The Morgan fingerprint density at radius 1 is 1.27 bits per heavy atom. The lowest BCUT2D eigenvalue weighted by atomic mass is 9.92. The van der Waals surface area contributed by atoms with Crippen LogP contribution < -0.4 is 0 Å². The number of hydrogen-bond acceptors (Lipinski definition) is 4. The minimum Gasteiger partial charge on any atom is -0.224 e. The van der Waals surface area contributed by atoms with E-state index in [1.807, 2.05) is 10.6 Å². The monoisotopic (exact) mass is 248 g/mol. The number of rotatable bonds is 2. The number of hydrazine groups is 3. The van der Waals surface area contributed by atoms with Gasteiger partial charge in [0.1, 0.15) is 0 Å². The molecule has 0 radical (unpaired) electrons. The van der Waals surface area contributed by atoms with Crippen LogP contribution in [0.25, 0.3) is 0 Å². The second-order valence-electron chi connectivity index (χ2n) is 4.39. The number of nitrogens with zero attached hydrogens (tertiary/aromatic N) is 4. The Morgan fingerprint density at radius 2 is 2.13 bits per heavy atom. The maximum absolute atomic E-state index is 6.28. The summed E-state index contributed by atoms with van der Waals surface area (Å²) >= 11 is 11.8. The molecule has 4 unspecified atom stereocenters. The Hall–Kier alpha value is 0.160. The molecule has 0 aromatic carbocycles. The lowest BCUT2D eigenvalue weighted by Crippen LogP contribution is -2.75.